The van der Waals surface area contributed by atoms with E-state index in [2.05, 4.69) is 20.8 Å². The average molecular weight is 385 g/mol. The molecule has 0 aliphatic carbocycles. The van der Waals surface area contributed by atoms with Gasteiger partial charge in [-0.3, -0.25) is 10.1 Å². The van der Waals surface area contributed by atoms with E-state index < -0.39 is 4.92 Å². The molecule has 2 heterocycles. The lowest BCUT2D eigenvalue weighted by molar-refractivity contribution is -0.404. The smallest absolute Gasteiger partial charge is 0.274 e. The molecule has 0 unspecified atom stereocenters. The summed E-state index contributed by atoms with van der Waals surface area (Å²) in [5, 5.41) is 21.2. The molecule has 2 aromatic rings. The first-order valence-corrected chi connectivity index (χ1v) is 9.70. The third-order valence-electron chi connectivity index (χ3n) is 2.81. The van der Waals surface area contributed by atoms with Gasteiger partial charge in [0, 0.05) is 36.4 Å². The highest BCUT2D eigenvalue weighted by Crippen LogP contribution is 2.15. The molecule has 0 amide bonds. The monoisotopic (exact) mass is 385 g/mol. The second-order valence-electron chi connectivity index (χ2n) is 4.73. The Morgan fingerprint density at radius 2 is 2.20 bits per heavy atom. The Morgan fingerprint density at radius 3 is 2.92 bits per heavy atom. The summed E-state index contributed by atoms with van der Waals surface area (Å²) in [7, 11) is 0. The van der Waals surface area contributed by atoms with E-state index in [1.807, 2.05) is 6.07 Å². The number of rotatable bonds is 13. The second-order valence-corrected chi connectivity index (χ2v) is 6.88. The number of thioether (sulfide) groups is 2. The molecule has 0 spiro atoms. The third kappa shape index (κ3) is 8.49. The van der Waals surface area contributed by atoms with Gasteiger partial charge < -0.3 is 19.6 Å². The molecule has 2 N–H and O–H groups in total. The summed E-state index contributed by atoms with van der Waals surface area (Å²) in [4.78, 5) is 14.2. The topological polar surface area (TPSA) is 119 Å². The molecule has 0 atom stereocenters. The van der Waals surface area contributed by atoms with Crippen molar-refractivity contribution in [1.82, 2.24) is 20.8 Å². The van der Waals surface area contributed by atoms with Crippen molar-refractivity contribution in [2.75, 3.05) is 24.6 Å². The van der Waals surface area contributed by atoms with Crippen LogP contribution >= 0.6 is 23.5 Å². The van der Waals surface area contributed by atoms with Crippen LogP contribution < -0.4 is 10.6 Å². The van der Waals surface area contributed by atoms with Crippen LogP contribution in [0.4, 0.5) is 0 Å². The molecule has 0 aromatic carbocycles. The fourth-order valence-corrected chi connectivity index (χ4v) is 3.21. The normalized spacial score (nSPS) is 11.4. The minimum Gasteiger partial charge on any atom is -0.440 e. The van der Waals surface area contributed by atoms with Gasteiger partial charge in [0.1, 0.15) is 12.5 Å². The van der Waals surface area contributed by atoms with E-state index in [1.54, 1.807) is 18.0 Å². The van der Waals surface area contributed by atoms with Crippen molar-refractivity contribution in [2.24, 2.45) is 0 Å². The van der Waals surface area contributed by atoms with Crippen molar-refractivity contribution < 1.29 is 13.9 Å². The highest BCUT2D eigenvalue weighted by atomic mass is 32.2. The van der Waals surface area contributed by atoms with Crippen LogP contribution in [-0.4, -0.2) is 39.7 Å². The fourth-order valence-electron chi connectivity index (χ4n) is 1.74. The van der Waals surface area contributed by atoms with E-state index in [4.69, 9.17) is 8.94 Å². The lowest BCUT2D eigenvalue weighted by atomic mass is 10.5. The minimum atomic E-state index is -0.473. The van der Waals surface area contributed by atoms with Crippen molar-refractivity contribution in [2.45, 2.75) is 17.4 Å². The van der Waals surface area contributed by atoms with E-state index in [9.17, 15) is 10.1 Å². The quantitative estimate of drug-likeness (QED) is 0.230. The predicted octanol–water partition coefficient (Wildman–Crippen LogP) is 2.33. The number of nitrogens with one attached hydrogen (secondary N) is 2. The van der Waals surface area contributed by atoms with Gasteiger partial charge in [-0.2, -0.15) is 11.8 Å². The zero-order valence-electron chi connectivity index (χ0n) is 13.4. The molecule has 0 radical (unpaired) electrons. The van der Waals surface area contributed by atoms with Crippen LogP contribution in [0.2, 0.25) is 0 Å². The van der Waals surface area contributed by atoms with Gasteiger partial charge in [-0.05, 0) is 6.42 Å². The highest BCUT2D eigenvalue weighted by Gasteiger charge is 2.03. The van der Waals surface area contributed by atoms with Gasteiger partial charge in [0.05, 0.1) is 16.8 Å². The highest BCUT2D eigenvalue weighted by molar-refractivity contribution is 7.99. The van der Waals surface area contributed by atoms with E-state index in [1.165, 1.54) is 24.3 Å². The molecule has 136 valence electrons. The van der Waals surface area contributed by atoms with Gasteiger partial charge in [-0.25, -0.2) is 4.98 Å². The van der Waals surface area contributed by atoms with E-state index in [0.717, 1.165) is 35.6 Å². The Balaban J connectivity index is 1.58. The molecule has 0 aliphatic heterocycles. The van der Waals surface area contributed by atoms with Crippen molar-refractivity contribution in [1.29, 1.82) is 0 Å². The van der Waals surface area contributed by atoms with Crippen LogP contribution in [0.25, 0.3) is 0 Å². The van der Waals surface area contributed by atoms with Gasteiger partial charge in [0.25, 0.3) is 11.4 Å². The standard InChI is InChI=1S/C14H19N5O4S2/c20-19(21)10-13(15-3-1-8-25-14-17-4-7-22-14)16-5-9-24-11-12-2-6-23-18-12/h2,4,6-7,10,15-16H,1,3,5,8-9,11H2. The molecule has 25 heavy (non-hydrogen) atoms. The van der Waals surface area contributed by atoms with Crippen LogP contribution in [0.1, 0.15) is 12.1 Å². The fraction of sp³-hybridized carbons (Fsp3) is 0.429. The number of hydrogen-bond acceptors (Lipinski definition) is 10. The van der Waals surface area contributed by atoms with Gasteiger partial charge in [-0.15, -0.1) is 0 Å². The van der Waals surface area contributed by atoms with Crippen LogP contribution in [0.3, 0.4) is 0 Å². The molecule has 0 bridgehead atoms. The molecule has 9 nitrogen and oxygen atoms in total. The van der Waals surface area contributed by atoms with E-state index in [-0.39, 0.29) is 0 Å². The maximum Gasteiger partial charge on any atom is 0.274 e. The van der Waals surface area contributed by atoms with Gasteiger partial charge in [0.2, 0.25) is 0 Å². The predicted molar refractivity (Wildman–Crippen MR) is 95.6 cm³/mol. The third-order valence-corrected chi connectivity index (χ3v) is 4.74. The van der Waals surface area contributed by atoms with Gasteiger partial charge >= 0.3 is 0 Å². The number of hydrogen-bond donors (Lipinski definition) is 2. The maximum absolute atomic E-state index is 10.7. The van der Waals surface area contributed by atoms with Gasteiger partial charge in [0.15, 0.2) is 5.82 Å². The molecule has 0 aliphatic rings. The first-order chi connectivity index (χ1) is 12.2. The number of aromatic nitrogens is 2. The van der Waals surface area contributed by atoms with Crippen LogP contribution in [-0.2, 0) is 5.75 Å². The molecule has 0 fully saturated rings. The van der Waals surface area contributed by atoms with E-state index >= 15 is 0 Å². The SMILES string of the molecule is O=[N+]([O-])C=C(NCCCSc1ncco1)NCCSCc1ccon1. The largest absolute Gasteiger partial charge is 0.440 e. The summed E-state index contributed by atoms with van der Waals surface area (Å²) in [5.41, 5.74) is 0.882. The van der Waals surface area contributed by atoms with Gasteiger partial charge in [-0.1, -0.05) is 16.9 Å². The maximum atomic E-state index is 10.7. The molecule has 2 rings (SSSR count). The Hall–Kier alpha value is -2.14. The number of nitrogens with zero attached hydrogens (tertiary/aromatic N) is 3. The molecule has 0 saturated heterocycles. The van der Waals surface area contributed by atoms with E-state index in [0.29, 0.717) is 24.1 Å². The summed E-state index contributed by atoms with van der Waals surface area (Å²) in [6.07, 6.45) is 6.44. The summed E-state index contributed by atoms with van der Waals surface area (Å²) >= 11 is 3.18. The molecular weight excluding hydrogens is 366 g/mol. The molecule has 2 aromatic heterocycles. The summed E-state index contributed by atoms with van der Waals surface area (Å²) in [6, 6.07) is 1.82. The van der Waals surface area contributed by atoms with Crippen LogP contribution in [0.15, 0.2) is 51.0 Å². The first kappa shape index (κ1) is 19.2. The zero-order valence-corrected chi connectivity index (χ0v) is 15.1. The summed E-state index contributed by atoms with van der Waals surface area (Å²) < 4.78 is 9.88. The first-order valence-electron chi connectivity index (χ1n) is 7.56. The number of nitro groups is 1. The molecular formula is C14H19N5O4S2. The Bertz CT molecular complexity index is 587. The van der Waals surface area contributed by atoms with Crippen molar-refractivity contribution >= 4 is 23.5 Å². The Labute approximate surface area is 153 Å². The second kappa shape index (κ2) is 11.4. The van der Waals surface area contributed by atoms with Crippen molar-refractivity contribution in [3.8, 4) is 0 Å². The minimum absolute atomic E-state index is 0.410. The number of oxazole rings is 1. The lowest BCUT2D eigenvalue weighted by Gasteiger charge is -2.10. The van der Waals surface area contributed by atoms with Crippen molar-refractivity contribution in [3.05, 3.63) is 52.6 Å². The lowest BCUT2D eigenvalue weighted by Crippen LogP contribution is -2.29. The molecule has 0 saturated carbocycles. The Kier molecular flexibility index (Phi) is 8.77. The average Bonchev–Trinajstić information content (AvgIpc) is 3.27. The van der Waals surface area contributed by atoms with Crippen LogP contribution in [0.5, 0.6) is 0 Å². The van der Waals surface area contributed by atoms with Crippen LogP contribution in [0, 0.1) is 10.1 Å². The zero-order chi connectivity index (χ0) is 17.7. The Morgan fingerprint density at radius 1 is 1.32 bits per heavy atom. The molecule has 11 heteroatoms. The summed E-state index contributed by atoms with van der Waals surface area (Å²) in [6.45, 7) is 1.23. The summed E-state index contributed by atoms with van der Waals surface area (Å²) in [5.74, 6) is 2.77. The van der Waals surface area contributed by atoms with Crippen molar-refractivity contribution in [3.63, 3.8) is 0 Å².